The van der Waals surface area contributed by atoms with E-state index in [0.717, 1.165) is 0 Å². The van der Waals surface area contributed by atoms with E-state index < -0.39 is 15.8 Å². The summed E-state index contributed by atoms with van der Waals surface area (Å²) in [7, 11) is -3.56. The summed E-state index contributed by atoms with van der Waals surface area (Å²) in [6.45, 7) is 3.98. The number of hydrogen-bond acceptors (Lipinski definition) is 3. The van der Waals surface area contributed by atoms with Gasteiger partial charge in [0.15, 0.2) is 0 Å². The van der Waals surface area contributed by atoms with Gasteiger partial charge in [0.2, 0.25) is 10.0 Å². The second kappa shape index (κ2) is 5.75. The Bertz CT molecular complexity index is 554. The molecule has 108 valence electrons. The van der Waals surface area contributed by atoms with Crippen LogP contribution in [0.1, 0.15) is 17.5 Å². The first-order valence-corrected chi connectivity index (χ1v) is 7.29. The van der Waals surface area contributed by atoms with Gasteiger partial charge in [-0.3, -0.25) is 0 Å². The topological polar surface area (TPSA) is 63.4 Å². The smallest absolute Gasteiger partial charge is 0.243 e. The molecule has 1 aromatic carbocycles. The molecule has 7 heteroatoms. The van der Waals surface area contributed by atoms with Crippen molar-refractivity contribution in [1.29, 1.82) is 0 Å². The highest BCUT2D eigenvalue weighted by molar-refractivity contribution is 7.89. The largest absolute Gasteiger partial charge is 0.326 e. The van der Waals surface area contributed by atoms with Gasteiger partial charge in [-0.05, 0) is 43.5 Å². The van der Waals surface area contributed by atoms with Crippen LogP contribution >= 0.6 is 12.4 Å². The second-order valence-electron chi connectivity index (χ2n) is 4.78. The molecule has 0 aliphatic carbocycles. The summed E-state index contributed by atoms with van der Waals surface area (Å²) in [6.07, 6.45) is 0.665. The molecule has 0 radical (unpaired) electrons. The summed E-state index contributed by atoms with van der Waals surface area (Å²) in [6, 6.07) is 2.38. The highest BCUT2D eigenvalue weighted by atomic mass is 35.5. The Morgan fingerprint density at radius 1 is 1.32 bits per heavy atom. The lowest BCUT2D eigenvalue weighted by molar-refractivity contribution is 0.471. The molecule has 0 bridgehead atoms. The fraction of sp³-hybridized carbons (Fsp3) is 0.500. The maximum absolute atomic E-state index is 13.2. The van der Waals surface area contributed by atoms with Crippen molar-refractivity contribution in [2.24, 2.45) is 5.73 Å². The molecule has 0 aromatic heterocycles. The molecule has 1 saturated heterocycles. The van der Waals surface area contributed by atoms with Gasteiger partial charge in [-0.15, -0.1) is 12.4 Å². The fourth-order valence-electron chi connectivity index (χ4n) is 2.41. The van der Waals surface area contributed by atoms with Crippen molar-refractivity contribution in [3.8, 4) is 0 Å². The summed E-state index contributed by atoms with van der Waals surface area (Å²) in [5, 5.41) is 0. The molecule has 1 atom stereocenters. The predicted octanol–water partition coefficient (Wildman–Crippen LogP) is 1.59. The van der Waals surface area contributed by atoms with Gasteiger partial charge in [0.25, 0.3) is 0 Å². The van der Waals surface area contributed by atoms with Gasteiger partial charge >= 0.3 is 0 Å². The minimum Gasteiger partial charge on any atom is -0.326 e. The number of sulfonamides is 1. The van der Waals surface area contributed by atoms with Crippen molar-refractivity contribution >= 4 is 22.4 Å². The van der Waals surface area contributed by atoms with Crippen LogP contribution in [0.5, 0.6) is 0 Å². The highest BCUT2D eigenvalue weighted by Gasteiger charge is 2.33. The average molecular weight is 309 g/mol. The zero-order chi connectivity index (χ0) is 13.5. The molecule has 0 amide bonds. The maximum Gasteiger partial charge on any atom is 0.243 e. The van der Waals surface area contributed by atoms with Crippen LogP contribution in [-0.2, 0) is 10.0 Å². The number of rotatable bonds is 2. The Hall–Kier alpha value is -0.690. The summed E-state index contributed by atoms with van der Waals surface area (Å²) in [4.78, 5) is 0.206. The van der Waals surface area contributed by atoms with E-state index in [1.165, 1.54) is 16.4 Å². The first-order chi connectivity index (χ1) is 8.32. The Kier molecular flexibility index (Phi) is 4.95. The third kappa shape index (κ3) is 3.08. The molecule has 1 heterocycles. The Balaban J connectivity index is 0.00000180. The molecular formula is C12H18ClFN2O2S. The molecule has 2 rings (SSSR count). The van der Waals surface area contributed by atoms with Crippen LogP contribution in [0.2, 0.25) is 0 Å². The van der Waals surface area contributed by atoms with Crippen LogP contribution in [-0.4, -0.2) is 31.9 Å². The average Bonchev–Trinajstić information content (AvgIpc) is 2.63. The normalized spacial score (nSPS) is 20.3. The second-order valence-corrected chi connectivity index (χ2v) is 6.66. The predicted molar refractivity (Wildman–Crippen MR) is 74.5 cm³/mol. The van der Waals surface area contributed by atoms with Crippen LogP contribution in [0.15, 0.2) is 17.0 Å². The van der Waals surface area contributed by atoms with Crippen LogP contribution in [0.25, 0.3) is 0 Å². The number of benzene rings is 1. The molecule has 1 aromatic rings. The monoisotopic (exact) mass is 308 g/mol. The van der Waals surface area contributed by atoms with Crippen molar-refractivity contribution in [1.82, 2.24) is 4.31 Å². The maximum atomic E-state index is 13.2. The van der Waals surface area contributed by atoms with E-state index in [9.17, 15) is 12.8 Å². The van der Waals surface area contributed by atoms with Crippen molar-refractivity contribution in [2.75, 3.05) is 13.1 Å². The first-order valence-electron chi connectivity index (χ1n) is 5.85. The SMILES string of the molecule is Cc1cc(F)cc(C)c1S(=O)(=O)N1CC[C@H](N)C1.Cl. The van der Waals surface area contributed by atoms with Gasteiger partial charge in [-0.25, -0.2) is 12.8 Å². The molecule has 4 nitrogen and oxygen atoms in total. The van der Waals surface area contributed by atoms with E-state index in [-0.39, 0.29) is 23.3 Å². The summed E-state index contributed by atoms with van der Waals surface area (Å²) in [5.74, 6) is -0.415. The third-order valence-electron chi connectivity index (χ3n) is 3.21. The van der Waals surface area contributed by atoms with Crippen LogP contribution < -0.4 is 5.73 Å². The van der Waals surface area contributed by atoms with Gasteiger partial charge in [-0.1, -0.05) is 0 Å². The van der Waals surface area contributed by atoms with E-state index >= 15 is 0 Å². The van der Waals surface area contributed by atoms with E-state index in [2.05, 4.69) is 0 Å². The van der Waals surface area contributed by atoms with Crippen molar-refractivity contribution in [3.63, 3.8) is 0 Å². The molecule has 1 aliphatic rings. The number of halogens is 2. The Labute approximate surface area is 119 Å². The summed E-state index contributed by atoms with van der Waals surface area (Å²) < 4.78 is 39.5. The van der Waals surface area contributed by atoms with E-state index in [4.69, 9.17) is 5.73 Å². The molecule has 2 N–H and O–H groups in total. The molecule has 19 heavy (non-hydrogen) atoms. The quantitative estimate of drug-likeness (QED) is 0.902. The van der Waals surface area contributed by atoms with Gasteiger partial charge in [0.05, 0.1) is 4.90 Å². The molecule has 0 saturated carbocycles. The van der Waals surface area contributed by atoms with Crippen LogP contribution in [0.4, 0.5) is 4.39 Å². The molecule has 0 unspecified atom stereocenters. The zero-order valence-electron chi connectivity index (χ0n) is 10.9. The number of hydrogen-bond donors (Lipinski definition) is 1. The van der Waals surface area contributed by atoms with Gasteiger partial charge in [0, 0.05) is 19.1 Å². The summed E-state index contributed by atoms with van der Waals surface area (Å²) >= 11 is 0. The van der Waals surface area contributed by atoms with Gasteiger partial charge in [-0.2, -0.15) is 4.31 Å². The highest BCUT2D eigenvalue weighted by Crippen LogP contribution is 2.27. The molecule has 1 aliphatic heterocycles. The van der Waals surface area contributed by atoms with Crippen molar-refractivity contribution in [3.05, 3.63) is 29.1 Å². The number of nitrogens with zero attached hydrogens (tertiary/aromatic N) is 1. The van der Waals surface area contributed by atoms with Gasteiger partial charge < -0.3 is 5.73 Å². The van der Waals surface area contributed by atoms with Gasteiger partial charge in [0.1, 0.15) is 5.82 Å². The first kappa shape index (κ1) is 16.4. The van der Waals surface area contributed by atoms with E-state index in [1.807, 2.05) is 0 Å². The standard InChI is InChI=1S/C12H17FN2O2S.ClH/c1-8-5-10(13)6-9(2)12(8)18(16,17)15-4-3-11(14)7-15;/h5-6,11H,3-4,7,14H2,1-2H3;1H/t11-;/m0./s1. The van der Waals surface area contributed by atoms with E-state index in [1.54, 1.807) is 13.8 Å². The Morgan fingerprint density at radius 2 is 1.84 bits per heavy atom. The number of nitrogens with two attached hydrogens (primary N) is 1. The number of aryl methyl sites for hydroxylation is 2. The molecular weight excluding hydrogens is 291 g/mol. The molecule has 1 fully saturated rings. The van der Waals surface area contributed by atoms with Crippen LogP contribution in [0, 0.1) is 19.7 Å². The zero-order valence-corrected chi connectivity index (χ0v) is 12.5. The lowest BCUT2D eigenvalue weighted by Gasteiger charge is -2.19. The minimum atomic E-state index is -3.56. The third-order valence-corrected chi connectivity index (χ3v) is 5.38. The lowest BCUT2D eigenvalue weighted by atomic mass is 10.1. The van der Waals surface area contributed by atoms with Crippen molar-refractivity contribution < 1.29 is 12.8 Å². The fourth-order valence-corrected chi connectivity index (χ4v) is 4.33. The molecule has 0 spiro atoms. The minimum absolute atomic E-state index is 0. The van der Waals surface area contributed by atoms with Crippen LogP contribution in [0.3, 0.4) is 0 Å². The summed E-state index contributed by atoms with van der Waals surface area (Å²) in [5.41, 5.74) is 6.61. The van der Waals surface area contributed by atoms with Crippen molar-refractivity contribution in [2.45, 2.75) is 31.2 Å². The van der Waals surface area contributed by atoms with E-state index in [0.29, 0.717) is 30.6 Å². The Morgan fingerprint density at radius 3 is 2.26 bits per heavy atom. The lowest BCUT2D eigenvalue weighted by Crippen LogP contribution is -2.32.